The predicted molar refractivity (Wildman–Crippen MR) is 38.5 cm³/mol. The van der Waals surface area contributed by atoms with E-state index >= 15 is 0 Å². The van der Waals surface area contributed by atoms with E-state index in [0.717, 1.165) is 0 Å². The maximum atomic E-state index is 12.0. The van der Waals surface area contributed by atoms with E-state index in [9.17, 15) is 13.2 Å². The molecule has 0 amide bonds. The quantitative estimate of drug-likeness (QED) is 0.654. The first-order chi connectivity index (χ1) is 4.93. The Labute approximate surface area is 65.6 Å². The van der Waals surface area contributed by atoms with Gasteiger partial charge in [-0.2, -0.15) is 13.2 Å². The number of thiophene rings is 1. The molecular weight excluding hydrogens is 175 g/mol. The van der Waals surface area contributed by atoms with E-state index in [0.29, 0.717) is 11.3 Å². The zero-order valence-corrected chi connectivity index (χ0v) is 6.51. The highest BCUT2D eigenvalue weighted by molar-refractivity contribution is 7.10. The first kappa shape index (κ1) is 8.39. The zero-order chi connectivity index (χ0) is 8.65. The van der Waals surface area contributed by atoms with Crippen LogP contribution in [0.4, 0.5) is 18.9 Å². The largest absolute Gasteiger partial charge is 0.425 e. The van der Waals surface area contributed by atoms with Crippen molar-refractivity contribution in [1.29, 1.82) is 0 Å². The molecule has 1 aromatic heterocycles. The van der Waals surface area contributed by atoms with Gasteiger partial charge in [-0.1, -0.05) is 0 Å². The summed E-state index contributed by atoms with van der Waals surface area (Å²) >= 11 is 0.633. The minimum atomic E-state index is -4.26. The summed E-state index contributed by atoms with van der Waals surface area (Å²) in [6.07, 6.45) is -4.26. The van der Waals surface area contributed by atoms with Crippen molar-refractivity contribution in [3.05, 3.63) is 15.8 Å². The molecule has 0 unspecified atom stereocenters. The second-order valence-electron chi connectivity index (χ2n) is 2.14. The molecule has 0 saturated heterocycles. The normalized spacial score (nSPS) is 12.0. The second-order valence-corrected chi connectivity index (χ2v) is 3.02. The van der Waals surface area contributed by atoms with E-state index in [4.69, 9.17) is 5.73 Å². The minimum absolute atomic E-state index is 0.127. The van der Waals surface area contributed by atoms with Crippen LogP contribution in [0.3, 0.4) is 0 Å². The molecule has 0 aliphatic heterocycles. The van der Waals surface area contributed by atoms with Gasteiger partial charge in [0.1, 0.15) is 4.88 Å². The van der Waals surface area contributed by atoms with Crippen molar-refractivity contribution in [2.75, 3.05) is 5.73 Å². The number of halogens is 3. The fourth-order valence-corrected chi connectivity index (χ4v) is 1.56. The Bertz CT molecular complexity index is 263. The van der Waals surface area contributed by atoms with Crippen LogP contribution in [-0.4, -0.2) is 0 Å². The van der Waals surface area contributed by atoms with Crippen LogP contribution in [0.2, 0.25) is 0 Å². The van der Waals surface area contributed by atoms with Crippen molar-refractivity contribution >= 4 is 17.0 Å². The van der Waals surface area contributed by atoms with E-state index in [1.165, 1.54) is 12.3 Å². The lowest BCUT2D eigenvalue weighted by Crippen LogP contribution is -2.04. The Hall–Kier alpha value is -0.710. The summed E-state index contributed by atoms with van der Waals surface area (Å²) in [5.74, 6) is 0. The van der Waals surface area contributed by atoms with Gasteiger partial charge in [0, 0.05) is 11.1 Å². The molecule has 5 heteroatoms. The number of anilines is 1. The summed E-state index contributed by atoms with van der Waals surface area (Å²) in [6.45, 7) is 1.37. The molecule has 1 aromatic rings. The lowest BCUT2D eigenvalue weighted by atomic mass is 10.2. The van der Waals surface area contributed by atoms with Gasteiger partial charge in [0.25, 0.3) is 0 Å². The van der Waals surface area contributed by atoms with Crippen LogP contribution in [0.25, 0.3) is 0 Å². The molecule has 1 heterocycles. The number of hydrogen-bond donors (Lipinski definition) is 1. The molecule has 0 spiro atoms. The van der Waals surface area contributed by atoms with E-state index in [2.05, 4.69) is 0 Å². The average Bonchev–Trinajstić information content (AvgIpc) is 2.11. The van der Waals surface area contributed by atoms with Crippen LogP contribution >= 0.6 is 11.3 Å². The monoisotopic (exact) mass is 181 g/mol. The summed E-state index contributed by atoms with van der Waals surface area (Å²) in [5, 5.41) is 1.30. The Morgan fingerprint density at radius 3 is 2.18 bits per heavy atom. The molecule has 0 aromatic carbocycles. The molecule has 11 heavy (non-hydrogen) atoms. The highest BCUT2D eigenvalue weighted by Crippen LogP contribution is 2.38. The molecular formula is C6H6F3NS. The van der Waals surface area contributed by atoms with E-state index in [1.54, 1.807) is 0 Å². The van der Waals surface area contributed by atoms with Crippen LogP contribution in [-0.2, 0) is 6.18 Å². The highest BCUT2D eigenvalue weighted by Gasteiger charge is 2.34. The Morgan fingerprint density at radius 1 is 1.45 bits per heavy atom. The molecule has 62 valence electrons. The van der Waals surface area contributed by atoms with E-state index < -0.39 is 11.1 Å². The number of alkyl halides is 3. The topological polar surface area (TPSA) is 26.0 Å². The maximum Gasteiger partial charge on any atom is 0.425 e. The number of rotatable bonds is 0. The number of hydrogen-bond acceptors (Lipinski definition) is 2. The molecule has 1 nitrogen and oxygen atoms in total. The minimum Gasteiger partial charge on any atom is -0.398 e. The van der Waals surface area contributed by atoms with Gasteiger partial charge >= 0.3 is 6.18 Å². The highest BCUT2D eigenvalue weighted by atomic mass is 32.1. The first-order valence-corrected chi connectivity index (χ1v) is 3.71. The first-order valence-electron chi connectivity index (χ1n) is 2.83. The third-order valence-electron chi connectivity index (χ3n) is 1.33. The smallest absolute Gasteiger partial charge is 0.398 e. The third-order valence-corrected chi connectivity index (χ3v) is 2.48. The zero-order valence-electron chi connectivity index (χ0n) is 5.70. The van der Waals surface area contributed by atoms with Gasteiger partial charge < -0.3 is 5.73 Å². The molecule has 0 radical (unpaired) electrons. The molecule has 0 bridgehead atoms. The van der Waals surface area contributed by atoms with E-state index in [-0.39, 0.29) is 11.3 Å². The van der Waals surface area contributed by atoms with Gasteiger partial charge in [0.05, 0.1) is 0 Å². The standard InChI is InChI=1S/C6H6F3NS/c1-3-4(10)2-11-5(3)6(7,8)9/h2H,10H2,1H3. The molecule has 0 aliphatic carbocycles. The van der Waals surface area contributed by atoms with Crippen molar-refractivity contribution in [3.8, 4) is 0 Å². The third kappa shape index (κ3) is 1.48. The van der Waals surface area contributed by atoms with Crippen molar-refractivity contribution in [1.82, 2.24) is 0 Å². The van der Waals surface area contributed by atoms with Crippen LogP contribution in [0.5, 0.6) is 0 Å². The molecule has 0 fully saturated rings. The lowest BCUT2D eigenvalue weighted by Gasteiger charge is -2.03. The van der Waals surface area contributed by atoms with Gasteiger partial charge in [-0.3, -0.25) is 0 Å². The van der Waals surface area contributed by atoms with Crippen molar-refractivity contribution in [3.63, 3.8) is 0 Å². The van der Waals surface area contributed by atoms with Gasteiger partial charge in [-0.15, -0.1) is 11.3 Å². The Morgan fingerprint density at radius 2 is 2.00 bits per heavy atom. The lowest BCUT2D eigenvalue weighted by molar-refractivity contribution is -0.134. The SMILES string of the molecule is Cc1c(N)csc1C(F)(F)F. The molecule has 0 saturated carbocycles. The fourth-order valence-electron chi connectivity index (χ4n) is 0.710. The summed E-state index contributed by atoms with van der Waals surface area (Å²) in [6, 6.07) is 0. The van der Waals surface area contributed by atoms with Gasteiger partial charge in [-0.05, 0) is 12.5 Å². The summed E-state index contributed by atoms with van der Waals surface area (Å²) in [7, 11) is 0. The van der Waals surface area contributed by atoms with E-state index in [1.807, 2.05) is 0 Å². The molecule has 0 atom stereocenters. The molecule has 1 rings (SSSR count). The van der Waals surface area contributed by atoms with Crippen molar-refractivity contribution < 1.29 is 13.2 Å². The predicted octanol–water partition coefficient (Wildman–Crippen LogP) is 2.66. The average molecular weight is 181 g/mol. The van der Waals surface area contributed by atoms with Crippen LogP contribution < -0.4 is 5.73 Å². The molecule has 2 N–H and O–H groups in total. The summed E-state index contributed by atoms with van der Waals surface area (Å²) < 4.78 is 36.1. The molecule has 0 aliphatic rings. The van der Waals surface area contributed by atoms with Crippen molar-refractivity contribution in [2.45, 2.75) is 13.1 Å². The Kier molecular flexibility index (Phi) is 1.83. The Balaban J connectivity index is 3.15. The second kappa shape index (κ2) is 2.41. The summed E-state index contributed by atoms with van der Waals surface area (Å²) in [5.41, 5.74) is 5.59. The number of nitrogen functional groups attached to an aromatic ring is 1. The van der Waals surface area contributed by atoms with Crippen LogP contribution in [0.15, 0.2) is 5.38 Å². The van der Waals surface area contributed by atoms with Crippen LogP contribution in [0, 0.1) is 6.92 Å². The van der Waals surface area contributed by atoms with Gasteiger partial charge in [-0.25, -0.2) is 0 Å². The van der Waals surface area contributed by atoms with Gasteiger partial charge in [0.2, 0.25) is 0 Å². The van der Waals surface area contributed by atoms with Crippen LogP contribution in [0.1, 0.15) is 10.4 Å². The fraction of sp³-hybridized carbons (Fsp3) is 0.333. The summed E-state index contributed by atoms with van der Waals surface area (Å²) in [4.78, 5) is -0.602. The van der Waals surface area contributed by atoms with Crippen molar-refractivity contribution in [2.24, 2.45) is 0 Å². The van der Waals surface area contributed by atoms with Gasteiger partial charge in [0.15, 0.2) is 0 Å². The maximum absolute atomic E-state index is 12.0. The number of nitrogens with two attached hydrogens (primary N) is 1.